The fraction of sp³-hybridized carbons (Fsp3) is 0.296. The molecule has 4 aromatic rings. The third-order valence-electron chi connectivity index (χ3n) is 6.93. The molecule has 4 heterocycles. The number of aliphatic hydroxyl groups excluding tert-OH is 1. The van der Waals surface area contributed by atoms with Gasteiger partial charge in [0.1, 0.15) is 11.6 Å². The molecule has 39 heavy (non-hydrogen) atoms. The lowest BCUT2D eigenvalue weighted by Gasteiger charge is -2.31. The molecule has 0 amide bonds. The Morgan fingerprint density at radius 2 is 1.85 bits per heavy atom. The maximum atomic E-state index is 14.9. The Kier molecular flexibility index (Phi) is 6.77. The second-order valence-corrected chi connectivity index (χ2v) is 9.63. The van der Waals surface area contributed by atoms with Gasteiger partial charge in [-0.15, -0.1) is 0 Å². The molecular weight excluding hydrogens is 518 g/mol. The molecule has 0 saturated carbocycles. The Hall–Kier alpha value is -4.03. The molecule has 0 aliphatic carbocycles. The zero-order valence-corrected chi connectivity index (χ0v) is 20.8. The lowest BCUT2D eigenvalue weighted by molar-refractivity contribution is -0.258. The first-order valence-electron chi connectivity index (χ1n) is 12.2. The molecular formula is C27H25F4N5O3. The smallest absolute Gasteiger partial charge is 0.393 e. The summed E-state index contributed by atoms with van der Waals surface area (Å²) in [6.07, 6.45) is -0.987. The van der Waals surface area contributed by atoms with Gasteiger partial charge in [0.05, 0.1) is 40.3 Å². The lowest BCUT2D eigenvalue weighted by Crippen LogP contribution is -2.39. The van der Waals surface area contributed by atoms with E-state index in [-0.39, 0.29) is 34.0 Å². The topological polar surface area (TPSA) is 114 Å². The number of aliphatic hydroxyl groups is 2. The van der Waals surface area contributed by atoms with Crippen molar-refractivity contribution in [3.8, 4) is 11.3 Å². The zero-order valence-electron chi connectivity index (χ0n) is 20.8. The molecule has 5 rings (SSSR count). The second kappa shape index (κ2) is 9.93. The van der Waals surface area contributed by atoms with Gasteiger partial charge in [-0.1, -0.05) is 6.07 Å². The van der Waals surface area contributed by atoms with E-state index >= 15 is 0 Å². The highest BCUT2D eigenvalue weighted by molar-refractivity contribution is 5.94. The predicted octanol–water partition coefficient (Wildman–Crippen LogP) is 4.60. The Bertz CT molecular complexity index is 1560. The van der Waals surface area contributed by atoms with Crippen LogP contribution in [0, 0.1) is 5.82 Å². The number of hydrogen-bond acceptors (Lipinski definition) is 7. The van der Waals surface area contributed by atoms with E-state index in [0.29, 0.717) is 38.7 Å². The van der Waals surface area contributed by atoms with Crippen LogP contribution in [-0.4, -0.2) is 50.5 Å². The number of pyridine rings is 3. The highest BCUT2D eigenvalue weighted by Crippen LogP contribution is 2.40. The number of alkyl halides is 3. The summed E-state index contributed by atoms with van der Waals surface area (Å²) in [6.45, 7) is 1.97. The number of halogens is 4. The molecule has 0 radical (unpaired) electrons. The number of aromatic nitrogens is 3. The Labute approximate surface area is 220 Å². The van der Waals surface area contributed by atoms with Gasteiger partial charge in [0.2, 0.25) is 0 Å². The van der Waals surface area contributed by atoms with Crippen LogP contribution in [0.5, 0.6) is 0 Å². The monoisotopic (exact) mass is 543 g/mol. The number of piperidine rings is 1. The van der Waals surface area contributed by atoms with Crippen molar-refractivity contribution >= 4 is 28.1 Å². The lowest BCUT2D eigenvalue weighted by atomic mass is 9.92. The Morgan fingerprint density at radius 3 is 2.51 bits per heavy atom. The summed E-state index contributed by atoms with van der Waals surface area (Å²) in [6, 6.07) is 8.98. The maximum Gasteiger partial charge on any atom is 0.421 e. The molecule has 0 spiro atoms. The summed E-state index contributed by atoms with van der Waals surface area (Å²) in [7, 11) is 0. The van der Waals surface area contributed by atoms with Crippen LogP contribution in [0.1, 0.15) is 25.3 Å². The van der Waals surface area contributed by atoms with Crippen LogP contribution in [0.3, 0.4) is 0 Å². The largest absolute Gasteiger partial charge is 0.421 e. The van der Waals surface area contributed by atoms with Crippen LogP contribution in [0.15, 0.2) is 59.7 Å². The molecule has 1 fully saturated rings. The van der Waals surface area contributed by atoms with Crippen molar-refractivity contribution in [2.45, 2.75) is 37.6 Å². The highest BCUT2D eigenvalue weighted by atomic mass is 19.4. The summed E-state index contributed by atoms with van der Waals surface area (Å²) in [5.74, 6) is -0.486. The molecule has 1 atom stereocenters. The summed E-state index contributed by atoms with van der Waals surface area (Å²) >= 11 is 0. The van der Waals surface area contributed by atoms with E-state index in [9.17, 15) is 32.6 Å². The SMILES string of the molecule is C[C@@](O)(c1ccc(F)c(-c2cc(Nc3ccc(N4CCC(O)CC4)cn3)c3c(=O)[nH]ccc3n2)c1)C(F)(F)F. The third kappa shape index (κ3) is 5.17. The normalized spacial score (nSPS) is 16.3. The van der Waals surface area contributed by atoms with Gasteiger partial charge in [0.25, 0.3) is 5.56 Å². The van der Waals surface area contributed by atoms with Crippen LogP contribution in [0.25, 0.3) is 22.2 Å². The Balaban J connectivity index is 1.54. The van der Waals surface area contributed by atoms with E-state index in [1.807, 2.05) is 6.07 Å². The van der Waals surface area contributed by atoms with Gasteiger partial charge in [-0.25, -0.2) is 14.4 Å². The van der Waals surface area contributed by atoms with E-state index in [4.69, 9.17) is 0 Å². The van der Waals surface area contributed by atoms with E-state index in [1.165, 1.54) is 18.3 Å². The second-order valence-electron chi connectivity index (χ2n) is 9.63. The number of nitrogens with zero attached hydrogens (tertiary/aromatic N) is 3. The molecule has 8 nitrogen and oxygen atoms in total. The average Bonchev–Trinajstić information content (AvgIpc) is 2.89. The van der Waals surface area contributed by atoms with Gasteiger partial charge in [-0.05, 0) is 61.7 Å². The first-order chi connectivity index (χ1) is 18.4. The first kappa shape index (κ1) is 26.6. The number of benzene rings is 1. The molecule has 12 heteroatoms. The van der Waals surface area contributed by atoms with E-state index in [2.05, 4.69) is 25.2 Å². The summed E-state index contributed by atoms with van der Waals surface area (Å²) in [5.41, 5.74) is -3.33. The van der Waals surface area contributed by atoms with E-state index in [1.54, 1.807) is 12.3 Å². The number of nitrogens with one attached hydrogen (secondary N) is 2. The van der Waals surface area contributed by atoms with Gasteiger partial charge < -0.3 is 25.4 Å². The van der Waals surface area contributed by atoms with Crippen LogP contribution < -0.4 is 15.8 Å². The number of aromatic amines is 1. The number of rotatable bonds is 5. The number of hydrogen-bond donors (Lipinski definition) is 4. The minimum atomic E-state index is -5.00. The van der Waals surface area contributed by atoms with Gasteiger partial charge in [0, 0.05) is 24.8 Å². The van der Waals surface area contributed by atoms with Crippen molar-refractivity contribution in [2.24, 2.45) is 0 Å². The van der Waals surface area contributed by atoms with Crippen LogP contribution in [-0.2, 0) is 5.60 Å². The van der Waals surface area contributed by atoms with Crippen molar-refractivity contribution in [3.63, 3.8) is 0 Å². The van der Waals surface area contributed by atoms with Gasteiger partial charge in [-0.3, -0.25) is 4.79 Å². The molecule has 1 saturated heterocycles. The zero-order chi connectivity index (χ0) is 27.9. The van der Waals surface area contributed by atoms with Crippen molar-refractivity contribution in [1.29, 1.82) is 0 Å². The summed E-state index contributed by atoms with van der Waals surface area (Å²) in [5, 5.41) is 23.0. The minimum absolute atomic E-state index is 0.0450. The van der Waals surface area contributed by atoms with Crippen molar-refractivity contribution < 1.29 is 27.8 Å². The maximum absolute atomic E-state index is 14.9. The minimum Gasteiger partial charge on any atom is -0.393 e. The van der Waals surface area contributed by atoms with Crippen molar-refractivity contribution in [3.05, 3.63) is 76.6 Å². The molecule has 1 aliphatic heterocycles. The predicted molar refractivity (Wildman–Crippen MR) is 138 cm³/mol. The average molecular weight is 544 g/mol. The summed E-state index contributed by atoms with van der Waals surface area (Å²) in [4.78, 5) is 26.1. The Morgan fingerprint density at radius 1 is 1.10 bits per heavy atom. The quantitative estimate of drug-likeness (QED) is 0.272. The molecule has 1 aromatic carbocycles. The fourth-order valence-corrected chi connectivity index (χ4v) is 4.53. The van der Waals surface area contributed by atoms with Gasteiger partial charge in [0.15, 0.2) is 5.60 Å². The van der Waals surface area contributed by atoms with Crippen LogP contribution in [0.4, 0.5) is 34.8 Å². The molecule has 0 bridgehead atoms. The van der Waals surface area contributed by atoms with E-state index < -0.39 is 28.7 Å². The highest BCUT2D eigenvalue weighted by Gasteiger charge is 2.51. The van der Waals surface area contributed by atoms with Gasteiger partial charge >= 0.3 is 6.18 Å². The molecule has 1 aliphatic rings. The third-order valence-corrected chi connectivity index (χ3v) is 6.93. The number of H-pyrrole nitrogens is 1. The fourth-order valence-electron chi connectivity index (χ4n) is 4.53. The van der Waals surface area contributed by atoms with Crippen molar-refractivity contribution in [1.82, 2.24) is 15.0 Å². The van der Waals surface area contributed by atoms with Crippen LogP contribution in [0.2, 0.25) is 0 Å². The standard InChI is InChI=1S/C27H25F4N5O3/c1-26(39,27(29,30)31)15-2-4-19(28)18(12-15)21-13-22(24-20(34-21)6-9-32-25(24)38)35-23-5-3-16(14-33-23)36-10-7-17(37)8-11-36/h2-6,9,12-14,17,37,39H,7-8,10-11H2,1H3,(H,32,38)(H,33,34,35)/t26-/m1/s1. The van der Waals surface area contributed by atoms with Crippen LogP contribution >= 0.6 is 0 Å². The molecule has 4 N–H and O–H groups in total. The van der Waals surface area contributed by atoms with E-state index in [0.717, 1.165) is 23.9 Å². The number of anilines is 3. The molecule has 0 unspecified atom stereocenters. The molecule has 204 valence electrons. The van der Waals surface area contributed by atoms with Gasteiger partial charge in [-0.2, -0.15) is 13.2 Å². The van der Waals surface area contributed by atoms with Crippen molar-refractivity contribution in [2.75, 3.05) is 23.3 Å². The number of fused-ring (bicyclic) bond motifs is 1. The summed E-state index contributed by atoms with van der Waals surface area (Å²) < 4.78 is 55.2. The first-order valence-corrected chi connectivity index (χ1v) is 12.2. The molecule has 3 aromatic heterocycles.